The van der Waals surface area contributed by atoms with Gasteiger partial charge in [0.15, 0.2) is 6.54 Å². The molecule has 0 amide bonds. The fraction of sp³-hybridized carbons (Fsp3) is 0.118. The van der Waals surface area contributed by atoms with Gasteiger partial charge in [0.05, 0.1) is 12.0 Å². The summed E-state index contributed by atoms with van der Waals surface area (Å²) in [6.45, 7) is 0.696. The lowest BCUT2D eigenvalue weighted by Gasteiger charge is -2.13. The summed E-state index contributed by atoms with van der Waals surface area (Å²) in [5, 5.41) is 12.1. The second-order valence-corrected chi connectivity index (χ2v) is 5.04. The number of oxazole rings is 1. The lowest BCUT2D eigenvalue weighted by molar-refractivity contribution is -0.689. The van der Waals surface area contributed by atoms with Gasteiger partial charge in [-0.3, -0.25) is 0 Å². The van der Waals surface area contributed by atoms with Crippen LogP contribution in [0.15, 0.2) is 59.0 Å². The molecule has 0 fully saturated rings. The molecule has 0 N–H and O–H groups in total. The van der Waals surface area contributed by atoms with Crippen LogP contribution in [0.4, 0.5) is 0 Å². The zero-order valence-corrected chi connectivity index (χ0v) is 10.9. The fourth-order valence-corrected chi connectivity index (χ4v) is 2.80. The van der Waals surface area contributed by atoms with Crippen LogP contribution in [-0.4, -0.2) is 0 Å². The highest BCUT2D eigenvalue weighted by Crippen LogP contribution is 2.28. The Balaban J connectivity index is 1.88. The normalized spacial score (nSPS) is 12.8. The lowest BCUT2D eigenvalue weighted by atomic mass is 9.99. The van der Waals surface area contributed by atoms with Gasteiger partial charge in [0.1, 0.15) is 5.95 Å². The maximum Gasteiger partial charge on any atom is 0.269 e. The summed E-state index contributed by atoms with van der Waals surface area (Å²) in [6, 6.07) is 18.0. The summed E-state index contributed by atoms with van der Waals surface area (Å²) in [5.41, 5.74) is 4.14. The molecule has 0 unspecified atom stereocenters. The van der Waals surface area contributed by atoms with Crippen LogP contribution in [0.5, 0.6) is 5.95 Å². The van der Waals surface area contributed by atoms with Crippen molar-refractivity contribution in [1.82, 2.24) is 0 Å². The molecule has 98 valence electrons. The molecule has 20 heavy (non-hydrogen) atoms. The van der Waals surface area contributed by atoms with Crippen molar-refractivity contribution in [3.05, 3.63) is 71.4 Å². The van der Waals surface area contributed by atoms with Crippen LogP contribution in [0.2, 0.25) is 0 Å². The van der Waals surface area contributed by atoms with Crippen LogP contribution in [0.25, 0.3) is 11.5 Å². The average molecular weight is 263 g/mol. The molecule has 0 bridgehead atoms. The topological polar surface area (TPSA) is 40.1 Å². The van der Waals surface area contributed by atoms with E-state index in [0.717, 1.165) is 11.3 Å². The van der Waals surface area contributed by atoms with Crippen molar-refractivity contribution in [1.29, 1.82) is 0 Å². The molecular weight excluding hydrogens is 250 g/mol. The first-order valence-corrected chi connectivity index (χ1v) is 6.67. The van der Waals surface area contributed by atoms with Crippen LogP contribution in [0, 0.1) is 0 Å². The van der Waals surface area contributed by atoms with E-state index in [9.17, 15) is 5.11 Å². The van der Waals surface area contributed by atoms with Crippen molar-refractivity contribution < 1.29 is 14.1 Å². The van der Waals surface area contributed by atoms with E-state index >= 15 is 0 Å². The number of rotatable bonds is 1. The molecule has 0 radical (unpaired) electrons. The van der Waals surface area contributed by atoms with E-state index in [0.29, 0.717) is 18.9 Å². The summed E-state index contributed by atoms with van der Waals surface area (Å²) < 4.78 is 7.49. The van der Waals surface area contributed by atoms with Crippen molar-refractivity contribution in [3.8, 4) is 17.4 Å². The lowest BCUT2D eigenvalue weighted by Crippen LogP contribution is -2.42. The maximum atomic E-state index is 12.1. The molecule has 0 aliphatic carbocycles. The van der Waals surface area contributed by atoms with Crippen LogP contribution in [0.1, 0.15) is 16.8 Å². The Bertz CT molecular complexity index is 775. The third kappa shape index (κ3) is 1.63. The average Bonchev–Trinajstić information content (AvgIpc) is 2.83. The van der Waals surface area contributed by atoms with E-state index in [4.69, 9.17) is 4.42 Å². The Morgan fingerprint density at radius 3 is 2.40 bits per heavy atom. The molecule has 3 heteroatoms. The molecule has 1 aliphatic rings. The maximum absolute atomic E-state index is 12.1. The Hall–Kier alpha value is -2.55. The minimum atomic E-state index is -0.224. The van der Waals surface area contributed by atoms with Gasteiger partial charge in [0.25, 0.3) is 5.89 Å². The highest BCUT2D eigenvalue weighted by molar-refractivity contribution is 5.51. The van der Waals surface area contributed by atoms with E-state index in [-0.39, 0.29) is 5.95 Å². The molecule has 0 saturated heterocycles. The summed E-state index contributed by atoms with van der Waals surface area (Å²) in [7, 11) is 0. The number of fused-ring (bicyclic) bond motifs is 2. The molecule has 0 saturated carbocycles. The highest BCUT2D eigenvalue weighted by Gasteiger charge is 2.28. The number of aromatic nitrogens is 1. The van der Waals surface area contributed by atoms with Gasteiger partial charge in [-0.1, -0.05) is 42.5 Å². The fourth-order valence-electron chi connectivity index (χ4n) is 2.80. The molecular formula is C17H13NO2. The summed E-state index contributed by atoms with van der Waals surface area (Å²) in [5.74, 6) is 0.429. The second kappa shape index (κ2) is 4.23. The third-order valence-corrected chi connectivity index (χ3v) is 3.82. The first-order valence-electron chi connectivity index (χ1n) is 6.67. The van der Waals surface area contributed by atoms with Gasteiger partial charge in [-0.2, -0.15) is 4.57 Å². The molecule has 3 aromatic rings. The van der Waals surface area contributed by atoms with E-state index in [1.54, 1.807) is 0 Å². The predicted molar refractivity (Wildman–Crippen MR) is 72.1 cm³/mol. The van der Waals surface area contributed by atoms with E-state index < -0.39 is 0 Å². The minimum Gasteiger partial charge on any atom is -0.540 e. The molecule has 1 aromatic heterocycles. The summed E-state index contributed by atoms with van der Waals surface area (Å²) in [4.78, 5) is 0. The van der Waals surface area contributed by atoms with Crippen LogP contribution in [0.3, 0.4) is 0 Å². The molecule has 2 heterocycles. The Morgan fingerprint density at radius 2 is 1.60 bits per heavy atom. The van der Waals surface area contributed by atoms with Gasteiger partial charge in [0, 0.05) is 5.56 Å². The zero-order valence-electron chi connectivity index (χ0n) is 10.9. The van der Waals surface area contributed by atoms with Gasteiger partial charge in [0.2, 0.25) is 5.69 Å². The quantitative estimate of drug-likeness (QED) is 0.494. The van der Waals surface area contributed by atoms with Crippen molar-refractivity contribution in [2.45, 2.75) is 13.0 Å². The van der Waals surface area contributed by atoms with Crippen LogP contribution >= 0.6 is 0 Å². The smallest absolute Gasteiger partial charge is 0.269 e. The monoisotopic (exact) mass is 263 g/mol. The van der Waals surface area contributed by atoms with Gasteiger partial charge in [-0.05, 0) is 17.7 Å². The van der Waals surface area contributed by atoms with Gasteiger partial charge >= 0.3 is 0 Å². The number of benzene rings is 2. The number of hydrogen-bond acceptors (Lipinski definition) is 2. The van der Waals surface area contributed by atoms with Crippen molar-refractivity contribution >= 4 is 0 Å². The number of hydrogen-bond donors (Lipinski definition) is 0. The SMILES string of the molecule is [O-]c1oc(-c2ccccc2)[n+]2c1Cc1ccccc1C2. The molecule has 0 spiro atoms. The largest absolute Gasteiger partial charge is 0.540 e. The van der Waals surface area contributed by atoms with Gasteiger partial charge in [-0.15, -0.1) is 0 Å². The first-order chi connectivity index (χ1) is 9.83. The van der Waals surface area contributed by atoms with Gasteiger partial charge < -0.3 is 9.52 Å². The van der Waals surface area contributed by atoms with Crippen LogP contribution in [-0.2, 0) is 13.0 Å². The van der Waals surface area contributed by atoms with Crippen molar-refractivity contribution in [3.63, 3.8) is 0 Å². The van der Waals surface area contributed by atoms with Crippen LogP contribution < -0.4 is 9.67 Å². The second-order valence-electron chi connectivity index (χ2n) is 5.04. The highest BCUT2D eigenvalue weighted by atomic mass is 16.5. The zero-order chi connectivity index (χ0) is 13.5. The summed E-state index contributed by atoms with van der Waals surface area (Å²) >= 11 is 0. The van der Waals surface area contributed by atoms with E-state index in [1.165, 1.54) is 11.1 Å². The summed E-state index contributed by atoms with van der Waals surface area (Å²) in [6.07, 6.45) is 0.644. The standard InChI is InChI=1S/C17H13NO2/c19-17-15-10-13-8-4-5-9-14(13)11-18(15)16(20-17)12-6-2-1-3-7-12/h1-9H,10-11H2. The molecule has 3 nitrogen and oxygen atoms in total. The predicted octanol–water partition coefficient (Wildman–Crippen LogP) is 2.26. The van der Waals surface area contributed by atoms with Gasteiger partial charge in [-0.25, -0.2) is 0 Å². The van der Waals surface area contributed by atoms with E-state index in [2.05, 4.69) is 12.1 Å². The third-order valence-electron chi connectivity index (χ3n) is 3.82. The van der Waals surface area contributed by atoms with Crippen molar-refractivity contribution in [2.75, 3.05) is 0 Å². The molecule has 0 atom stereocenters. The first kappa shape index (κ1) is 11.3. The Morgan fingerprint density at radius 1 is 0.900 bits per heavy atom. The van der Waals surface area contributed by atoms with Crippen molar-refractivity contribution in [2.24, 2.45) is 0 Å². The minimum absolute atomic E-state index is 0.224. The molecule has 2 aromatic carbocycles. The van der Waals surface area contributed by atoms with E-state index in [1.807, 2.05) is 47.0 Å². The Kier molecular flexibility index (Phi) is 2.39. The molecule has 4 rings (SSSR count). The molecule has 1 aliphatic heterocycles. The number of nitrogens with zero attached hydrogens (tertiary/aromatic N) is 1. The Labute approximate surface area is 116 Å².